The summed E-state index contributed by atoms with van der Waals surface area (Å²) >= 11 is 1.23. The van der Waals surface area contributed by atoms with Gasteiger partial charge in [0.1, 0.15) is 0 Å². The molecule has 7 nitrogen and oxygen atoms in total. The first-order valence-electron chi connectivity index (χ1n) is 11.6. The molecule has 178 valence electrons. The van der Waals surface area contributed by atoms with E-state index in [1.165, 1.54) is 11.8 Å². The number of thioether (sulfide) groups is 1. The standard InChI is InChI=1S/C27H27N5O2S/c1-2-13-31-14-16-32(17-15-31)24-10-6-5-9-23(24)28-25(33)19-35-27-30-29-26(34-27)22-12-11-20-7-3-4-8-21(20)18-22/h2-12,18H,1,13-17,19H2,(H,28,33). The molecule has 0 saturated carbocycles. The number of fused-ring (bicyclic) bond motifs is 1. The molecule has 0 atom stereocenters. The van der Waals surface area contributed by atoms with Crippen LogP contribution >= 0.6 is 11.8 Å². The molecule has 8 heteroatoms. The van der Waals surface area contributed by atoms with Gasteiger partial charge in [0.05, 0.1) is 17.1 Å². The second kappa shape index (κ2) is 10.8. The molecule has 1 fully saturated rings. The Morgan fingerprint density at radius 3 is 2.60 bits per heavy atom. The van der Waals surface area contributed by atoms with Crippen LogP contribution in [0.3, 0.4) is 0 Å². The van der Waals surface area contributed by atoms with Gasteiger partial charge in [-0.05, 0) is 35.0 Å². The number of hydrogen-bond donors (Lipinski definition) is 1. The molecule has 0 aliphatic carbocycles. The quantitative estimate of drug-likeness (QED) is 0.280. The summed E-state index contributed by atoms with van der Waals surface area (Å²) in [6, 6.07) is 22.1. The van der Waals surface area contributed by atoms with E-state index in [-0.39, 0.29) is 11.7 Å². The van der Waals surface area contributed by atoms with Crippen LogP contribution in [0.15, 0.2) is 89.0 Å². The number of piperazine rings is 1. The Morgan fingerprint density at radius 2 is 1.77 bits per heavy atom. The van der Waals surface area contributed by atoms with Crippen molar-refractivity contribution in [1.82, 2.24) is 15.1 Å². The predicted octanol–water partition coefficient (Wildman–Crippen LogP) is 4.93. The summed E-state index contributed by atoms with van der Waals surface area (Å²) in [6.07, 6.45) is 1.94. The molecule has 0 spiro atoms. The predicted molar refractivity (Wildman–Crippen MR) is 142 cm³/mol. The summed E-state index contributed by atoms with van der Waals surface area (Å²) in [7, 11) is 0. The van der Waals surface area contributed by atoms with Crippen LogP contribution in [0.2, 0.25) is 0 Å². The zero-order valence-electron chi connectivity index (χ0n) is 19.4. The van der Waals surface area contributed by atoms with Gasteiger partial charge in [-0.15, -0.1) is 16.8 Å². The largest absolute Gasteiger partial charge is 0.411 e. The third-order valence-electron chi connectivity index (χ3n) is 6.01. The molecule has 35 heavy (non-hydrogen) atoms. The Labute approximate surface area is 208 Å². The summed E-state index contributed by atoms with van der Waals surface area (Å²) in [5, 5.41) is 14.0. The van der Waals surface area contributed by atoms with Gasteiger partial charge in [0.15, 0.2) is 0 Å². The van der Waals surface area contributed by atoms with Crippen LogP contribution in [0.1, 0.15) is 0 Å². The maximum atomic E-state index is 12.7. The van der Waals surface area contributed by atoms with Crippen molar-refractivity contribution >= 4 is 39.8 Å². The van der Waals surface area contributed by atoms with Gasteiger partial charge < -0.3 is 14.6 Å². The lowest BCUT2D eigenvalue weighted by atomic mass is 10.1. The third kappa shape index (κ3) is 5.55. The van der Waals surface area contributed by atoms with Crippen molar-refractivity contribution in [3.8, 4) is 11.5 Å². The lowest BCUT2D eigenvalue weighted by Crippen LogP contribution is -2.46. The minimum Gasteiger partial charge on any atom is -0.411 e. The summed E-state index contributed by atoms with van der Waals surface area (Å²) in [6.45, 7) is 8.50. The van der Waals surface area contributed by atoms with Crippen LogP contribution in [-0.2, 0) is 4.79 Å². The van der Waals surface area contributed by atoms with E-state index in [2.05, 4.69) is 44.0 Å². The number of nitrogens with one attached hydrogen (secondary N) is 1. The van der Waals surface area contributed by atoms with Crippen molar-refractivity contribution in [3.05, 3.63) is 79.4 Å². The van der Waals surface area contributed by atoms with Crippen molar-refractivity contribution < 1.29 is 9.21 Å². The first-order chi connectivity index (χ1) is 17.2. The fraction of sp³-hybridized carbons (Fsp3) is 0.222. The number of carbonyl (C=O) groups is 1. The number of amides is 1. The third-order valence-corrected chi connectivity index (χ3v) is 6.83. The first kappa shape index (κ1) is 23.1. The van der Waals surface area contributed by atoms with Crippen LogP contribution < -0.4 is 10.2 Å². The Kier molecular flexibility index (Phi) is 7.11. The van der Waals surface area contributed by atoms with Crippen molar-refractivity contribution in [2.24, 2.45) is 0 Å². The number of anilines is 2. The summed E-state index contributed by atoms with van der Waals surface area (Å²) in [5.41, 5.74) is 2.72. The van der Waals surface area contributed by atoms with E-state index in [1.54, 1.807) is 0 Å². The van der Waals surface area contributed by atoms with Gasteiger partial charge in [-0.25, -0.2) is 0 Å². The molecule has 1 aliphatic heterocycles. The van der Waals surface area contributed by atoms with E-state index >= 15 is 0 Å². The molecular weight excluding hydrogens is 458 g/mol. The minimum absolute atomic E-state index is 0.113. The zero-order valence-corrected chi connectivity index (χ0v) is 20.2. The van der Waals surface area contributed by atoms with E-state index in [1.807, 2.05) is 60.7 Å². The highest BCUT2D eigenvalue weighted by molar-refractivity contribution is 7.99. The van der Waals surface area contributed by atoms with Gasteiger partial charge in [-0.1, -0.05) is 60.3 Å². The maximum Gasteiger partial charge on any atom is 0.277 e. The minimum atomic E-state index is -0.113. The van der Waals surface area contributed by atoms with Gasteiger partial charge in [-0.2, -0.15) is 0 Å². The van der Waals surface area contributed by atoms with Crippen molar-refractivity contribution in [2.45, 2.75) is 5.22 Å². The molecule has 1 saturated heterocycles. The highest BCUT2D eigenvalue weighted by Crippen LogP contribution is 2.28. The molecular formula is C27H27N5O2S. The van der Waals surface area contributed by atoms with Crippen molar-refractivity contribution in [2.75, 3.05) is 48.7 Å². The molecule has 0 unspecified atom stereocenters. The Bertz CT molecular complexity index is 1330. The number of aromatic nitrogens is 2. The number of hydrogen-bond acceptors (Lipinski definition) is 7. The van der Waals surface area contributed by atoms with Gasteiger partial charge >= 0.3 is 0 Å². The topological polar surface area (TPSA) is 74.5 Å². The molecule has 3 aromatic carbocycles. The summed E-state index contributed by atoms with van der Waals surface area (Å²) in [4.78, 5) is 17.4. The normalized spacial score (nSPS) is 14.2. The van der Waals surface area contributed by atoms with Crippen LogP contribution in [0.4, 0.5) is 11.4 Å². The van der Waals surface area contributed by atoms with Crippen LogP contribution in [0.5, 0.6) is 0 Å². The van der Waals surface area contributed by atoms with Gasteiger partial charge in [0.25, 0.3) is 5.22 Å². The zero-order chi connectivity index (χ0) is 24.0. The highest BCUT2D eigenvalue weighted by atomic mass is 32.2. The molecule has 1 N–H and O–H groups in total. The van der Waals surface area contributed by atoms with E-state index < -0.39 is 0 Å². The Balaban J connectivity index is 1.19. The lowest BCUT2D eigenvalue weighted by Gasteiger charge is -2.36. The number of carbonyl (C=O) groups excluding carboxylic acids is 1. The lowest BCUT2D eigenvalue weighted by molar-refractivity contribution is -0.113. The monoisotopic (exact) mass is 485 g/mol. The molecule has 5 rings (SSSR count). The highest BCUT2D eigenvalue weighted by Gasteiger charge is 2.19. The van der Waals surface area contributed by atoms with Gasteiger partial charge in [0, 0.05) is 38.3 Å². The van der Waals surface area contributed by atoms with Crippen LogP contribution in [0.25, 0.3) is 22.2 Å². The molecule has 1 aliphatic rings. The fourth-order valence-corrected chi connectivity index (χ4v) is 4.79. The number of rotatable bonds is 8. The van der Waals surface area contributed by atoms with Crippen molar-refractivity contribution in [1.29, 1.82) is 0 Å². The van der Waals surface area contributed by atoms with E-state index in [0.29, 0.717) is 11.1 Å². The molecule has 1 amide bonds. The Morgan fingerprint density at radius 1 is 1.00 bits per heavy atom. The van der Waals surface area contributed by atoms with Gasteiger partial charge in [-0.3, -0.25) is 9.69 Å². The summed E-state index contributed by atoms with van der Waals surface area (Å²) in [5.74, 6) is 0.513. The van der Waals surface area contributed by atoms with E-state index in [9.17, 15) is 4.79 Å². The summed E-state index contributed by atoms with van der Waals surface area (Å²) < 4.78 is 5.81. The Hall–Kier alpha value is -3.62. The van der Waals surface area contributed by atoms with Crippen LogP contribution in [0, 0.1) is 0 Å². The number of para-hydroxylation sites is 2. The molecule has 0 bridgehead atoms. The van der Waals surface area contributed by atoms with Crippen molar-refractivity contribution in [3.63, 3.8) is 0 Å². The number of benzene rings is 3. The van der Waals surface area contributed by atoms with E-state index in [0.717, 1.165) is 60.4 Å². The SMILES string of the molecule is C=CCN1CCN(c2ccccc2NC(=O)CSc2nnc(-c3ccc4ccccc4c3)o2)CC1. The molecule has 2 heterocycles. The molecule has 1 aromatic heterocycles. The van der Waals surface area contributed by atoms with Crippen LogP contribution in [-0.4, -0.2) is 59.5 Å². The maximum absolute atomic E-state index is 12.7. The molecule has 0 radical (unpaired) electrons. The smallest absolute Gasteiger partial charge is 0.277 e. The fourth-order valence-electron chi connectivity index (χ4n) is 4.23. The number of nitrogens with zero attached hydrogens (tertiary/aromatic N) is 4. The molecule has 4 aromatic rings. The first-order valence-corrected chi connectivity index (χ1v) is 12.6. The van der Waals surface area contributed by atoms with E-state index in [4.69, 9.17) is 4.42 Å². The average Bonchev–Trinajstić information content (AvgIpc) is 3.37. The average molecular weight is 486 g/mol. The second-order valence-electron chi connectivity index (χ2n) is 8.37. The van der Waals surface area contributed by atoms with Gasteiger partial charge in [0.2, 0.25) is 11.8 Å². The second-order valence-corrected chi connectivity index (χ2v) is 9.29.